The molecule has 0 unspecified atom stereocenters. The van der Waals surface area contributed by atoms with Gasteiger partial charge in [0.05, 0.1) is 20.0 Å². The van der Waals surface area contributed by atoms with E-state index in [0.29, 0.717) is 34.3 Å². The van der Waals surface area contributed by atoms with Gasteiger partial charge in [-0.25, -0.2) is 0 Å². The van der Waals surface area contributed by atoms with Crippen molar-refractivity contribution in [2.45, 2.75) is 37.3 Å². The molecule has 1 saturated carbocycles. The number of piperidine rings is 1. The molecule has 1 aliphatic carbocycles. The second-order valence-corrected chi connectivity index (χ2v) is 8.59. The van der Waals surface area contributed by atoms with E-state index in [9.17, 15) is 4.79 Å². The molecular formula is C21H27N3O4S. The third-order valence-electron chi connectivity index (χ3n) is 6.00. The van der Waals surface area contributed by atoms with E-state index in [1.54, 1.807) is 26.4 Å². The maximum absolute atomic E-state index is 12.7. The lowest BCUT2D eigenvalue weighted by atomic mass is 9.75. The Kier molecular flexibility index (Phi) is 6.28. The Labute approximate surface area is 175 Å². The molecule has 2 fully saturated rings. The number of nitrogens with zero attached hydrogens (tertiary/aromatic N) is 3. The fourth-order valence-electron chi connectivity index (χ4n) is 4.40. The van der Waals surface area contributed by atoms with Gasteiger partial charge in [0, 0.05) is 18.7 Å². The number of likely N-dealkylation sites (tertiary alicyclic amines) is 1. The lowest BCUT2D eigenvalue weighted by Crippen LogP contribution is -2.45. The van der Waals surface area contributed by atoms with Crippen molar-refractivity contribution >= 4 is 17.7 Å². The average molecular weight is 418 g/mol. The van der Waals surface area contributed by atoms with Crippen molar-refractivity contribution in [3.8, 4) is 23.0 Å². The van der Waals surface area contributed by atoms with Crippen LogP contribution >= 0.6 is 11.8 Å². The van der Waals surface area contributed by atoms with Crippen LogP contribution in [0.3, 0.4) is 0 Å². The summed E-state index contributed by atoms with van der Waals surface area (Å²) >= 11 is 1.30. The molecule has 0 bridgehead atoms. The molecule has 2 heterocycles. The third kappa shape index (κ3) is 4.52. The van der Waals surface area contributed by atoms with Crippen molar-refractivity contribution in [3.05, 3.63) is 18.2 Å². The summed E-state index contributed by atoms with van der Waals surface area (Å²) in [6, 6.07) is 5.42. The third-order valence-corrected chi connectivity index (χ3v) is 6.80. The Morgan fingerprint density at radius 3 is 2.72 bits per heavy atom. The molecule has 29 heavy (non-hydrogen) atoms. The molecule has 7 nitrogen and oxygen atoms in total. The van der Waals surface area contributed by atoms with Gasteiger partial charge in [0.15, 0.2) is 11.5 Å². The molecule has 1 saturated heterocycles. The van der Waals surface area contributed by atoms with Gasteiger partial charge >= 0.3 is 0 Å². The molecule has 0 spiro atoms. The second kappa shape index (κ2) is 9.07. The molecule has 8 heteroatoms. The summed E-state index contributed by atoms with van der Waals surface area (Å²) in [4.78, 5) is 14.7. The van der Waals surface area contributed by atoms with Gasteiger partial charge in [-0.05, 0) is 42.9 Å². The highest BCUT2D eigenvalue weighted by molar-refractivity contribution is 7.99. The van der Waals surface area contributed by atoms with Gasteiger partial charge in [-0.1, -0.05) is 31.0 Å². The van der Waals surface area contributed by atoms with Crippen molar-refractivity contribution in [1.82, 2.24) is 15.1 Å². The monoisotopic (exact) mass is 417 g/mol. The zero-order valence-corrected chi connectivity index (χ0v) is 17.7. The number of thioether (sulfide) groups is 1. The lowest BCUT2D eigenvalue weighted by Gasteiger charge is -2.41. The maximum Gasteiger partial charge on any atom is 0.277 e. The highest BCUT2D eigenvalue weighted by atomic mass is 32.2. The van der Waals surface area contributed by atoms with E-state index < -0.39 is 0 Å². The Morgan fingerprint density at radius 1 is 1.14 bits per heavy atom. The highest BCUT2D eigenvalue weighted by Gasteiger charge is 2.32. The molecule has 156 valence electrons. The van der Waals surface area contributed by atoms with Crippen LogP contribution in [0.2, 0.25) is 0 Å². The number of ether oxygens (including phenoxy) is 2. The normalized spacial score (nSPS) is 21.5. The number of methoxy groups -OCH3 is 2. The maximum atomic E-state index is 12.7. The van der Waals surface area contributed by atoms with E-state index in [-0.39, 0.29) is 5.91 Å². The topological polar surface area (TPSA) is 77.7 Å². The molecule has 0 radical (unpaired) electrons. The predicted octanol–water partition coefficient (Wildman–Crippen LogP) is 3.88. The Morgan fingerprint density at radius 2 is 1.93 bits per heavy atom. The van der Waals surface area contributed by atoms with Gasteiger partial charge in [-0.15, -0.1) is 10.2 Å². The number of hydrogen-bond donors (Lipinski definition) is 0. The first-order valence-corrected chi connectivity index (χ1v) is 11.1. The van der Waals surface area contributed by atoms with Crippen molar-refractivity contribution in [1.29, 1.82) is 0 Å². The first-order chi connectivity index (χ1) is 14.2. The van der Waals surface area contributed by atoms with Crippen LogP contribution in [0.15, 0.2) is 27.8 Å². The SMILES string of the molecule is COc1ccc(-c2nnc(SCC(=O)N3CC[C@@H]4CCCC[C@@H]4C3)o2)cc1OC. The summed E-state index contributed by atoms with van der Waals surface area (Å²) in [6.45, 7) is 1.78. The number of hydrogen-bond acceptors (Lipinski definition) is 7. The number of carbonyl (C=O) groups is 1. The number of fused-ring (bicyclic) bond motifs is 1. The van der Waals surface area contributed by atoms with Crippen molar-refractivity contribution in [3.63, 3.8) is 0 Å². The first kappa shape index (κ1) is 20.1. The van der Waals surface area contributed by atoms with E-state index >= 15 is 0 Å². The number of rotatable bonds is 6. The molecule has 1 aromatic carbocycles. The smallest absolute Gasteiger partial charge is 0.277 e. The van der Waals surface area contributed by atoms with Crippen LogP contribution in [0.25, 0.3) is 11.5 Å². The lowest BCUT2D eigenvalue weighted by molar-refractivity contribution is -0.131. The van der Waals surface area contributed by atoms with Crippen LogP contribution in [0, 0.1) is 11.8 Å². The van der Waals surface area contributed by atoms with Gasteiger partial charge < -0.3 is 18.8 Å². The number of amides is 1. The zero-order chi connectivity index (χ0) is 20.2. The fraction of sp³-hybridized carbons (Fsp3) is 0.571. The average Bonchev–Trinajstić information content (AvgIpc) is 3.25. The van der Waals surface area contributed by atoms with Crippen molar-refractivity contribution in [2.24, 2.45) is 11.8 Å². The van der Waals surface area contributed by atoms with E-state index in [2.05, 4.69) is 10.2 Å². The highest BCUT2D eigenvalue weighted by Crippen LogP contribution is 2.36. The van der Waals surface area contributed by atoms with E-state index in [0.717, 1.165) is 31.0 Å². The zero-order valence-electron chi connectivity index (χ0n) is 16.9. The molecule has 1 amide bonds. The van der Waals surface area contributed by atoms with Gasteiger partial charge in [0.1, 0.15) is 0 Å². The number of aromatic nitrogens is 2. The Balaban J connectivity index is 1.34. The minimum atomic E-state index is 0.157. The van der Waals surface area contributed by atoms with Gasteiger partial charge in [-0.3, -0.25) is 4.79 Å². The molecule has 2 aliphatic rings. The molecule has 0 N–H and O–H groups in total. The summed E-state index contributed by atoms with van der Waals surface area (Å²) in [5.41, 5.74) is 0.743. The molecule has 2 atom stereocenters. The summed E-state index contributed by atoms with van der Waals surface area (Å²) in [5.74, 6) is 3.61. The number of benzene rings is 1. The summed E-state index contributed by atoms with van der Waals surface area (Å²) in [6.07, 6.45) is 6.40. The molecule has 1 aliphatic heterocycles. The minimum absolute atomic E-state index is 0.157. The second-order valence-electron chi connectivity index (χ2n) is 7.66. The largest absolute Gasteiger partial charge is 0.493 e. The van der Waals surface area contributed by atoms with Crippen molar-refractivity contribution < 1.29 is 18.7 Å². The van der Waals surface area contributed by atoms with Gasteiger partial charge in [0.25, 0.3) is 5.22 Å². The summed E-state index contributed by atoms with van der Waals surface area (Å²) < 4.78 is 16.3. The summed E-state index contributed by atoms with van der Waals surface area (Å²) in [7, 11) is 3.17. The molecule has 2 aromatic rings. The molecule has 4 rings (SSSR count). The van der Waals surface area contributed by atoms with Crippen LogP contribution in [0.4, 0.5) is 0 Å². The van der Waals surface area contributed by atoms with Crippen molar-refractivity contribution in [2.75, 3.05) is 33.1 Å². The van der Waals surface area contributed by atoms with E-state index in [4.69, 9.17) is 13.9 Å². The van der Waals surface area contributed by atoms with Gasteiger partial charge in [-0.2, -0.15) is 0 Å². The van der Waals surface area contributed by atoms with E-state index in [1.165, 1.54) is 37.4 Å². The number of carbonyl (C=O) groups excluding carboxylic acids is 1. The Hall–Kier alpha value is -2.22. The van der Waals surface area contributed by atoms with E-state index in [1.807, 2.05) is 11.0 Å². The predicted molar refractivity (Wildman–Crippen MR) is 110 cm³/mol. The van der Waals surface area contributed by atoms with Gasteiger partial charge in [0.2, 0.25) is 11.8 Å². The first-order valence-electron chi connectivity index (χ1n) is 10.1. The summed E-state index contributed by atoms with van der Waals surface area (Å²) in [5, 5.41) is 8.58. The molecular weight excluding hydrogens is 390 g/mol. The standard InChI is InChI=1S/C21H27N3O4S/c1-26-17-8-7-15(11-18(17)27-2)20-22-23-21(28-20)29-13-19(25)24-10-9-14-5-3-4-6-16(14)12-24/h7-8,11,14,16H,3-6,9-10,12-13H2,1-2H3/t14-,16+/m0/s1. The van der Waals surface area contributed by atoms with Crippen LogP contribution in [-0.4, -0.2) is 54.1 Å². The quantitative estimate of drug-likeness (QED) is 0.660. The Bertz CT molecular complexity index is 856. The van der Waals surface area contributed by atoms with Crippen LogP contribution in [0.1, 0.15) is 32.1 Å². The van der Waals surface area contributed by atoms with Crippen LogP contribution < -0.4 is 9.47 Å². The minimum Gasteiger partial charge on any atom is -0.493 e. The fourth-order valence-corrected chi connectivity index (χ4v) is 5.06. The van der Waals surface area contributed by atoms with Crippen LogP contribution in [-0.2, 0) is 4.79 Å². The van der Waals surface area contributed by atoms with Crippen LogP contribution in [0.5, 0.6) is 11.5 Å². The molecule has 1 aromatic heterocycles.